The molecule has 6 nitrogen and oxygen atoms in total. The summed E-state index contributed by atoms with van der Waals surface area (Å²) in [5.41, 5.74) is 15.0. The minimum Gasteiger partial charge on any atom is -0.390 e. The summed E-state index contributed by atoms with van der Waals surface area (Å²) in [7, 11) is 0. The van der Waals surface area contributed by atoms with Crippen molar-refractivity contribution in [3.8, 4) is 0 Å². The maximum atomic E-state index is 6.14. The quantitative estimate of drug-likeness (QED) is 0.121. The number of nitrogens with one attached hydrogen (secondary N) is 3. The molecule has 0 fully saturated rings. The maximum Gasteiger partial charge on any atom is 0.0765 e. The molecular formula is C23H24Cl2N6. The lowest BCUT2D eigenvalue weighted by Gasteiger charge is -2.14. The molecule has 0 bridgehead atoms. The van der Waals surface area contributed by atoms with Gasteiger partial charge < -0.3 is 22.1 Å². The Morgan fingerprint density at radius 3 is 2.32 bits per heavy atom. The topological polar surface area (TPSA) is 113 Å². The van der Waals surface area contributed by atoms with Gasteiger partial charge in [0.05, 0.1) is 27.4 Å². The van der Waals surface area contributed by atoms with Crippen LogP contribution in [0.1, 0.15) is 5.56 Å². The predicted octanol–water partition coefficient (Wildman–Crippen LogP) is 5.04. The molecule has 0 saturated carbocycles. The van der Waals surface area contributed by atoms with Gasteiger partial charge in [0.2, 0.25) is 0 Å². The number of aromatic nitrogens is 1. The second-order valence-electron chi connectivity index (χ2n) is 6.73. The molecule has 0 atom stereocenters. The Balaban J connectivity index is 0.000000858. The SMILES string of the molecule is N=CN.NCCNCc1c2ccccc2nc2ccc(Nc3ccc(Cl)c(Cl)c3)cc12. The van der Waals surface area contributed by atoms with Crippen molar-refractivity contribution >= 4 is 62.7 Å². The monoisotopic (exact) mass is 454 g/mol. The third-order valence-corrected chi connectivity index (χ3v) is 5.36. The van der Waals surface area contributed by atoms with Crippen LogP contribution in [0.4, 0.5) is 11.4 Å². The van der Waals surface area contributed by atoms with Crippen molar-refractivity contribution in [2.24, 2.45) is 11.5 Å². The fourth-order valence-corrected chi connectivity index (χ4v) is 3.60. The summed E-state index contributed by atoms with van der Waals surface area (Å²) in [5.74, 6) is 0. The second kappa shape index (κ2) is 10.9. The van der Waals surface area contributed by atoms with Crippen LogP contribution in [0.15, 0.2) is 60.7 Å². The van der Waals surface area contributed by atoms with Crippen molar-refractivity contribution in [3.05, 3.63) is 76.3 Å². The van der Waals surface area contributed by atoms with Gasteiger partial charge in [-0.05, 0) is 48.0 Å². The summed E-state index contributed by atoms with van der Waals surface area (Å²) in [6.07, 6.45) is 0.750. The number of rotatable bonds is 6. The first-order valence-electron chi connectivity index (χ1n) is 9.72. The van der Waals surface area contributed by atoms with Crippen LogP contribution in [0.5, 0.6) is 0 Å². The summed E-state index contributed by atoms with van der Waals surface area (Å²) >= 11 is 12.2. The van der Waals surface area contributed by atoms with Crippen LogP contribution in [0.25, 0.3) is 21.8 Å². The van der Waals surface area contributed by atoms with Crippen LogP contribution in [-0.2, 0) is 6.54 Å². The molecule has 4 rings (SSSR count). The lowest BCUT2D eigenvalue weighted by molar-refractivity contribution is 0.700. The largest absolute Gasteiger partial charge is 0.390 e. The summed E-state index contributed by atoms with van der Waals surface area (Å²) < 4.78 is 0. The second-order valence-corrected chi connectivity index (χ2v) is 7.54. The van der Waals surface area contributed by atoms with Gasteiger partial charge in [-0.3, -0.25) is 5.41 Å². The van der Waals surface area contributed by atoms with Crippen molar-refractivity contribution in [2.75, 3.05) is 18.4 Å². The number of nitrogens with two attached hydrogens (primary N) is 2. The fraction of sp³-hybridized carbons (Fsp3) is 0.130. The first-order chi connectivity index (χ1) is 15.1. The van der Waals surface area contributed by atoms with E-state index in [2.05, 4.69) is 28.5 Å². The van der Waals surface area contributed by atoms with E-state index >= 15 is 0 Å². The Kier molecular flexibility index (Phi) is 8.03. The van der Waals surface area contributed by atoms with E-state index in [1.54, 1.807) is 6.07 Å². The molecule has 1 heterocycles. The normalized spacial score (nSPS) is 10.5. The Hall–Kier alpha value is -2.90. The maximum absolute atomic E-state index is 6.14. The number of pyridine rings is 1. The zero-order valence-electron chi connectivity index (χ0n) is 16.8. The molecule has 7 N–H and O–H groups in total. The molecule has 0 radical (unpaired) electrons. The molecule has 8 heteroatoms. The van der Waals surface area contributed by atoms with Crippen molar-refractivity contribution in [1.29, 1.82) is 5.41 Å². The number of fused-ring (bicyclic) bond motifs is 2. The van der Waals surface area contributed by atoms with Gasteiger partial charge in [-0.15, -0.1) is 0 Å². The van der Waals surface area contributed by atoms with Crippen LogP contribution < -0.4 is 22.1 Å². The highest BCUT2D eigenvalue weighted by Crippen LogP contribution is 2.31. The summed E-state index contributed by atoms with van der Waals surface area (Å²) in [6.45, 7) is 2.09. The molecule has 0 aliphatic heterocycles. The minimum absolute atomic E-state index is 0.520. The number of benzene rings is 3. The minimum atomic E-state index is 0.520. The smallest absolute Gasteiger partial charge is 0.0765 e. The van der Waals surface area contributed by atoms with E-state index in [1.807, 2.05) is 42.5 Å². The van der Waals surface area contributed by atoms with Crippen LogP contribution >= 0.6 is 23.2 Å². The van der Waals surface area contributed by atoms with Crippen LogP contribution in [-0.4, -0.2) is 24.4 Å². The molecule has 0 unspecified atom stereocenters. The zero-order chi connectivity index (χ0) is 22.2. The van der Waals surface area contributed by atoms with Gasteiger partial charge in [-0.1, -0.05) is 41.4 Å². The number of hydrogen-bond acceptors (Lipinski definition) is 5. The van der Waals surface area contributed by atoms with E-state index in [9.17, 15) is 0 Å². The molecule has 0 amide bonds. The molecule has 1 aromatic heterocycles. The molecule has 160 valence electrons. The fourth-order valence-electron chi connectivity index (χ4n) is 3.30. The highest BCUT2D eigenvalue weighted by molar-refractivity contribution is 6.42. The van der Waals surface area contributed by atoms with Crippen molar-refractivity contribution in [3.63, 3.8) is 0 Å². The van der Waals surface area contributed by atoms with Crippen LogP contribution in [0, 0.1) is 5.41 Å². The Morgan fingerprint density at radius 1 is 0.903 bits per heavy atom. The molecular weight excluding hydrogens is 431 g/mol. The summed E-state index contributed by atoms with van der Waals surface area (Å²) in [4.78, 5) is 4.82. The van der Waals surface area contributed by atoms with Gasteiger partial charge >= 0.3 is 0 Å². The molecule has 0 aliphatic carbocycles. The van der Waals surface area contributed by atoms with Crippen molar-refractivity contribution < 1.29 is 0 Å². The van der Waals surface area contributed by atoms with E-state index in [0.29, 0.717) is 16.6 Å². The van der Waals surface area contributed by atoms with Crippen LogP contribution in [0.3, 0.4) is 0 Å². The standard InChI is InChI=1S/C22H20Cl2N4.CH4N2/c23-19-7-5-15(12-20(19)24)27-14-6-8-22-17(11-14)18(13-26-10-9-25)16-3-1-2-4-21(16)28-22;2-1-3/h1-8,11-12,26-27H,9-10,13,25H2;1H,(H3,2,3). The predicted molar refractivity (Wildman–Crippen MR) is 133 cm³/mol. The number of hydrogen-bond donors (Lipinski definition) is 5. The molecule has 0 saturated heterocycles. The summed E-state index contributed by atoms with van der Waals surface area (Å²) in [5, 5.41) is 16.0. The average Bonchev–Trinajstić information content (AvgIpc) is 2.77. The van der Waals surface area contributed by atoms with Gasteiger partial charge in [0.15, 0.2) is 0 Å². The third kappa shape index (κ3) is 5.62. The lowest BCUT2D eigenvalue weighted by atomic mass is 10.0. The number of nitrogens with zero attached hydrogens (tertiary/aromatic N) is 1. The van der Waals surface area contributed by atoms with Gasteiger partial charge in [0.25, 0.3) is 0 Å². The number of para-hydroxylation sites is 1. The van der Waals surface area contributed by atoms with E-state index in [-0.39, 0.29) is 0 Å². The number of anilines is 2. The zero-order valence-corrected chi connectivity index (χ0v) is 18.3. The van der Waals surface area contributed by atoms with E-state index in [4.69, 9.17) is 39.3 Å². The third-order valence-electron chi connectivity index (χ3n) is 4.62. The van der Waals surface area contributed by atoms with Gasteiger partial charge in [0, 0.05) is 41.8 Å². The van der Waals surface area contributed by atoms with Gasteiger partial charge in [-0.2, -0.15) is 0 Å². The van der Waals surface area contributed by atoms with Gasteiger partial charge in [0.1, 0.15) is 0 Å². The average molecular weight is 455 g/mol. The van der Waals surface area contributed by atoms with E-state index < -0.39 is 0 Å². The molecule has 31 heavy (non-hydrogen) atoms. The first-order valence-corrected chi connectivity index (χ1v) is 10.5. The highest BCUT2D eigenvalue weighted by Gasteiger charge is 2.10. The Labute approximate surface area is 191 Å². The number of halogens is 2. The molecule has 4 aromatic rings. The molecule has 0 aliphatic rings. The highest BCUT2D eigenvalue weighted by atomic mass is 35.5. The summed E-state index contributed by atoms with van der Waals surface area (Å²) in [6, 6.07) is 19.9. The molecule has 0 spiro atoms. The first kappa shape index (κ1) is 22.8. The lowest BCUT2D eigenvalue weighted by Crippen LogP contribution is -2.22. The van der Waals surface area contributed by atoms with Crippen molar-refractivity contribution in [2.45, 2.75) is 6.54 Å². The molecule has 3 aromatic carbocycles. The van der Waals surface area contributed by atoms with Crippen molar-refractivity contribution in [1.82, 2.24) is 10.3 Å². The van der Waals surface area contributed by atoms with E-state index in [1.165, 1.54) is 5.56 Å². The Morgan fingerprint density at radius 2 is 1.58 bits per heavy atom. The Bertz CT molecular complexity index is 1200. The van der Waals surface area contributed by atoms with Gasteiger partial charge in [-0.25, -0.2) is 4.98 Å². The van der Waals surface area contributed by atoms with Crippen LogP contribution in [0.2, 0.25) is 10.0 Å². The van der Waals surface area contributed by atoms with E-state index in [0.717, 1.165) is 52.6 Å².